The highest BCUT2D eigenvalue weighted by Crippen LogP contribution is 2.28. The minimum atomic E-state index is -3.64. The van der Waals surface area contributed by atoms with Gasteiger partial charge in [-0.15, -0.1) is 12.4 Å². The Balaban J connectivity index is 0.00000280. The van der Waals surface area contributed by atoms with Gasteiger partial charge in [0.1, 0.15) is 5.75 Å². The lowest BCUT2D eigenvalue weighted by molar-refractivity contribution is 0.0920. The fourth-order valence-electron chi connectivity index (χ4n) is 4.18. The molecule has 0 spiro atoms. The van der Waals surface area contributed by atoms with E-state index in [1.807, 2.05) is 0 Å². The van der Waals surface area contributed by atoms with Crippen LogP contribution in [0.25, 0.3) is 0 Å². The predicted octanol–water partition coefficient (Wildman–Crippen LogP) is 2.16. The number of benzene rings is 1. The molecule has 3 rings (SSSR count). The van der Waals surface area contributed by atoms with Crippen LogP contribution in [0.2, 0.25) is 0 Å². The van der Waals surface area contributed by atoms with Crippen LogP contribution in [0, 0.1) is 0 Å². The molecule has 0 aromatic heterocycles. The lowest BCUT2D eigenvalue weighted by Crippen LogP contribution is -2.48. The predicted molar refractivity (Wildman–Crippen MR) is 111 cm³/mol. The summed E-state index contributed by atoms with van der Waals surface area (Å²) >= 11 is 0. The van der Waals surface area contributed by atoms with Crippen molar-refractivity contribution >= 4 is 28.3 Å². The van der Waals surface area contributed by atoms with Crippen LogP contribution >= 0.6 is 12.4 Å². The SMILES string of the molecule is CCN(CC)S(=O)(=O)c1ccc(OC)c(C(=O)NC2CC3CCC(C2)N3)c1.Cl. The van der Waals surface area contributed by atoms with Crippen LogP contribution < -0.4 is 15.4 Å². The molecule has 2 aliphatic rings. The molecule has 2 N–H and O–H groups in total. The van der Waals surface area contributed by atoms with Crippen molar-refractivity contribution in [3.05, 3.63) is 23.8 Å². The molecule has 0 aliphatic carbocycles. The third kappa shape index (κ3) is 4.62. The van der Waals surface area contributed by atoms with Gasteiger partial charge in [-0.3, -0.25) is 4.79 Å². The molecule has 0 saturated carbocycles. The number of ether oxygens (including phenoxy) is 1. The lowest BCUT2D eigenvalue weighted by Gasteiger charge is -2.30. The van der Waals surface area contributed by atoms with Gasteiger partial charge < -0.3 is 15.4 Å². The van der Waals surface area contributed by atoms with Crippen LogP contribution in [0.3, 0.4) is 0 Å². The van der Waals surface area contributed by atoms with Crippen LogP contribution in [-0.4, -0.2) is 57.0 Å². The molecule has 2 bridgehead atoms. The van der Waals surface area contributed by atoms with E-state index in [9.17, 15) is 13.2 Å². The number of fused-ring (bicyclic) bond motifs is 2. The van der Waals surface area contributed by atoms with Crippen molar-refractivity contribution < 1.29 is 17.9 Å². The first-order valence-corrected chi connectivity index (χ1v) is 11.1. The standard InChI is InChI=1S/C19H29N3O4S.ClH/c1-4-22(5-2)27(24,25)16-8-9-18(26-3)17(12-16)19(23)21-15-10-13-6-7-14(11-15)20-13;/h8-9,12-15,20H,4-7,10-11H2,1-3H3,(H,21,23);1H. The Morgan fingerprint density at radius 2 is 1.82 bits per heavy atom. The number of amides is 1. The number of rotatable bonds is 7. The van der Waals surface area contributed by atoms with Gasteiger partial charge in [0, 0.05) is 31.2 Å². The highest BCUT2D eigenvalue weighted by atomic mass is 35.5. The molecule has 9 heteroatoms. The molecule has 2 fully saturated rings. The molecular formula is C19H30ClN3O4S. The number of carbonyl (C=O) groups is 1. The summed E-state index contributed by atoms with van der Waals surface area (Å²) in [6.07, 6.45) is 4.11. The third-order valence-electron chi connectivity index (χ3n) is 5.57. The molecule has 2 unspecified atom stereocenters. The minimum Gasteiger partial charge on any atom is -0.496 e. The number of hydrogen-bond donors (Lipinski definition) is 2. The largest absolute Gasteiger partial charge is 0.496 e. The first-order valence-electron chi connectivity index (χ1n) is 9.64. The first kappa shape index (κ1) is 22.9. The second-order valence-corrected chi connectivity index (χ2v) is 9.17. The van der Waals surface area contributed by atoms with Gasteiger partial charge in [-0.25, -0.2) is 8.42 Å². The lowest BCUT2D eigenvalue weighted by atomic mass is 9.99. The summed E-state index contributed by atoms with van der Waals surface area (Å²) < 4.78 is 32.3. The molecule has 158 valence electrons. The van der Waals surface area contributed by atoms with Crippen LogP contribution in [0.1, 0.15) is 49.9 Å². The van der Waals surface area contributed by atoms with Crippen molar-refractivity contribution in [3.63, 3.8) is 0 Å². The fourth-order valence-corrected chi connectivity index (χ4v) is 5.66. The van der Waals surface area contributed by atoms with Gasteiger partial charge in [0.2, 0.25) is 10.0 Å². The smallest absolute Gasteiger partial charge is 0.255 e. The molecule has 2 aliphatic heterocycles. The van der Waals surface area contributed by atoms with Gasteiger partial charge in [0.05, 0.1) is 17.6 Å². The Morgan fingerprint density at radius 3 is 2.36 bits per heavy atom. The molecule has 0 radical (unpaired) electrons. The Hall–Kier alpha value is -1.35. The van der Waals surface area contributed by atoms with Crippen molar-refractivity contribution in [2.75, 3.05) is 20.2 Å². The van der Waals surface area contributed by atoms with Crippen LogP contribution in [0.4, 0.5) is 0 Å². The Labute approximate surface area is 173 Å². The van der Waals surface area contributed by atoms with E-state index in [1.165, 1.54) is 23.5 Å². The number of methoxy groups -OCH3 is 1. The minimum absolute atomic E-state index is 0. The number of halogens is 1. The van der Waals surface area contributed by atoms with Gasteiger partial charge in [-0.05, 0) is 43.9 Å². The maximum absolute atomic E-state index is 12.9. The van der Waals surface area contributed by atoms with E-state index in [-0.39, 0.29) is 34.8 Å². The van der Waals surface area contributed by atoms with Gasteiger partial charge in [0.15, 0.2) is 0 Å². The molecular weight excluding hydrogens is 402 g/mol. The summed E-state index contributed by atoms with van der Waals surface area (Å²) in [5.41, 5.74) is 0.261. The van der Waals surface area contributed by atoms with Gasteiger partial charge in [-0.2, -0.15) is 4.31 Å². The van der Waals surface area contributed by atoms with Crippen molar-refractivity contribution in [1.82, 2.24) is 14.9 Å². The quantitative estimate of drug-likeness (QED) is 0.690. The van der Waals surface area contributed by atoms with E-state index in [2.05, 4.69) is 10.6 Å². The second-order valence-electron chi connectivity index (χ2n) is 7.23. The summed E-state index contributed by atoms with van der Waals surface area (Å²) in [6, 6.07) is 5.50. The molecule has 1 aromatic rings. The van der Waals surface area contributed by atoms with Gasteiger partial charge in [-0.1, -0.05) is 13.8 Å². The van der Waals surface area contributed by atoms with Gasteiger partial charge in [0.25, 0.3) is 5.91 Å². The summed E-state index contributed by atoms with van der Waals surface area (Å²) in [5, 5.41) is 6.63. The number of sulfonamides is 1. The Kier molecular flexibility index (Phi) is 7.73. The van der Waals surface area contributed by atoms with Crippen molar-refractivity contribution in [3.8, 4) is 5.75 Å². The molecule has 28 heavy (non-hydrogen) atoms. The number of piperidine rings is 1. The normalized spacial score (nSPS) is 23.9. The summed E-state index contributed by atoms with van der Waals surface area (Å²) in [7, 11) is -2.15. The van der Waals surface area contributed by atoms with Crippen LogP contribution in [0.15, 0.2) is 23.1 Å². The average molecular weight is 432 g/mol. The first-order chi connectivity index (χ1) is 12.9. The van der Waals surface area contributed by atoms with E-state index in [4.69, 9.17) is 4.74 Å². The van der Waals surface area contributed by atoms with E-state index in [0.717, 1.165) is 25.7 Å². The zero-order chi connectivity index (χ0) is 19.6. The molecule has 2 saturated heterocycles. The fraction of sp³-hybridized carbons (Fsp3) is 0.632. The van der Waals surface area contributed by atoms with Crippen LogP contribution in [-0.2, 0) is 10.0 Å². The maximum atomic E-state index is 12.9. The number of carbonyl (C=O) groups excluding carboxylic acids is 1. The average Bonchev–Trinajstić information content (AvgIpc) is 3.00. The van der Waals surface area contributed by atoms with E-state index >= 15 is 0 Å². The zero-order valence-electron chi connectivity index (χ0n) is 16.6. The Bertz CT molecular complexity index is 786. The van der Waals surface area contributed by atoms with E-state index in [0.29, 0.717) is 30.9 Å². The summed E-state index contributed by atoms with van der Waals surface area (Å²) in [6.45, 7) is 4.35. The van der Waals surface area contributed by atoms with Crippen molar-refractivity contribution in [1.29, 1.82) is 0 Å². The molecule has 7 nitrogen and oxygen atoms in total. The number of hydrogen-bond acceptors (Lipinski definition) is 5. The molecule has 1 aromatic carbocycles. The molecule has 2 atom stereocenters. The monoisotopic (exact) mass is 431 g/mol. The third-order valence-corrected chi connectivity index (χ3v) is 7.61. The van der Waals surface area contributed by atoms with Crippen LogP contribution in [0.5, 0.6) is 5.75 Å². The van der Waals surface area contributed by atoms with Gasteiger partial charge >= 0.3 is 0 Å². The highest BCUT2D eigenvalue weighted by Gasteiger charge is 2.34. The number of nitrogens with zero attached hydrogens (tertiary/aromatic N) is 1. The van der Waals surface area contributed by atoms with Crippen molar-refractivity contribution in [2.45, 2.75) is 62.6 Å². The maximum Gasteiger partial charge on any atom is 0.255 e. The van der Waals surface area contributed by atoms with Crippen molar-refractivity contribution in [2.24, 2.45) is 0 Å². The molecule has 1 amide bonds. The summed E-state index contributed by atoms with van der Waals surface area (Å²) in [4.78, 5) is 13.0. The molecule has 2 heterocycles. The van der Waals surface area contributed by atoms with E-state index < -0.39 is 10.0 Å². The highest BCUT2D eigenvalue weighted by molar-refractivity contribution is 7.89. The topological polar surface area (TPSA) is 87.7 Å². The Morgan fingerprint density at radius 1 is 1.21 bits per heavy atom. The number of nitrogens with one attached hydrogen (secondary N) is 2. The second kappa shape index (κ2) is 9.43. The summed E-state index contributed by atoms with van der Waals surface area (Å²) in [5.74, 6) is 0.0950. The van der Waals surface area contributed by atoms with E-state index in [1.54, 1.807) is 19.9 Å². The zero-order valence-corrected chi connectivity index (χ0v) is 18.2.